The maximum absolute atomic E-state index is 4.52. The minimum atomic E-state index is 0.700. The lowest BCUT2D eigenvalue weighted by Crippen LogP contribution is -1.97. The lowest BCUT2D eigenvalue weighted by molar-refractivity contribution is 1.03. The van der Waals surface area contributed by atoms with E-state index in [0.717, 1.165) is 11.1 Å². The zero-order valence-corrected chi connectivity index (χ0v) is 13.5. The van der Waals surface area contributed by atoms with Gasteiger partial charge in [0.1, 0.15) is 6.33 Å². The fraction of sp³-hybridized carbons (Fsp3) is 0.278. The Bertz CT molecular complexity index is 611. The molecular weight excluding hydrogens is 258 g/mol. The minimum Gasteiger partial charge on any atom is -0.217 e. The molecule has 0 bridgehead atoms. The van der Waals surface area contributed by atoms with E-state index in [2.05, 4.69) is 34.0 Å². The van der Waals surface area contributed by atoms with E-state index in [-0.39, 0.29) is 0 Å². The molecule has 0 aliphatic carbocycles. The number of nitrogens with zero attached hydrogens (tertiary/aromatic N) is 3. The average molecular weight is 281 g/mol. The Morgan fingerprint density at radius 1 is 1.00 bits per heavy atom. The van der Waals surface area contributed by atoms with Crippen molar-refractivity contribution >= 4 is 5.57 Å². The summed E-state index contributed by atoms with van der Waals surface area (Å²) in [6.07, 6.45) is 7.53. The molecule has 2 rings (SSSR count). The molecule has 1 aromatic carbocycles. The molecule has 2 aromatic rings. The molecule has 0 atom stereocenters. The molecule has 0 unspecified atom stereocenters. The summed E-state index contributed by atoms with van der Waals surface area (Å²) in [5.74, 6) is 1.40. The Kier molecular flexibility index (Phi) is 7.02. The molecule has 0 amide bonds. The van der Waals surface area contributed by atoms with E-state index >= 15 is 0 Å². The summed E-state index contributed by atoms with van der Waals surface area (Å²) >= 11 is 0. The first kappa shape index (κ1) is 16.8. The number of rotatable bonds is 3. The topological polar surface area (TPSA) is 38.7 Å². The Hall–Kier alpha value is -2.29. The van der Waals surface area contributed by atoms with Crippen LogP contribution in [0.1, 0.15) is 39.1 Å². The van der Waals surface area contributed by atoms with Gasteiger partial charge in [-0.05, 0) is 20.8 Å². The van der Waals surface area contributed by atoms with Crippen molar-refractivity contribution in [2.45, 2.75) is 34.6 Å². The van der Waals surface area contributed by atoms with Gasteiger partial charge in [-0.3, -0.25) is 0 Å². The second-order valence-electron chi connectivity index (χ2n) is 4.24. The van der Waals surface area contributed by atoms with E-state index < -0.39 is 0 Å². The average Bonchev–Trinajstić information content (AvgIpc) is 2.55. The summed E-state index contributed by atoms with van der Waals surface area (Å²) in [6, 6.07) is 8.17. The maximum atomic E-state index is 4.52. The van der Waals surface area contributed by atoms with Crippen LogP contribution in [-0.4, -0.2) is 15.0 Å². The van der Waals surface area contributed by atoms with Crippen molar-refractivity contribution in [3.8, 4) is 11.4 Å². The molecule has 0 N–H and O–H groups in total. The number of benzene rings is 1. The van der Waals surface area contributed by atoms with Gasteiger partial charge in [-0.15, -0.1) is 0 Å². The van der Waals surface area contributed by atoms with Gasteiger partial charge in [0.05, 0.1) is 0 Å². The van der Waals surface area contributed by atoms with Gasteiger partial charge in [0.15, 0.2) is 11.6 Å². The first-order valence-electron chi connectivity index (χ1n) is 7.30. The van der Waals surface area contributed by atoms with Crippen LogP contribution in [0.25, 0.3) is 17.0 Å². The summed E-state index contributed by atoms with van der Waals surface area (Å²) in [7, 11) is 0. The number of hydrogen-bond acceptors (Lipinski definition) is 3. The van der Waals surface area contributed by atoms with Gasteiger partial charge in [-0.2, -0.15) is 0 Å². The highest BCUT2D eigenvalue weighted by Crippen LogP contribution is 2.17. The predicted octanol–water partition coefficient (Wildman–Crippen LogP) is 4.85. The molecule has 0 aliphatic heterocycles. The van der Waals surface area contributed by atoms with Crippen LogP contribution in [-0.2, 0) is 0 Å². The standard InChI is InChI=1S/C16H17N3.C2H6/c1-4-6-13(5-2)15-17-11-18-16(19-15)14-9-7-12(3)8-10-14;1-2/h4-11H,1-3H3;1-2H3/b6-4-,13-5+;. The summed E-state index contributed by atoms with van der Waals surface area (Å²) in [5, 5.41) is 0. The molecule has 1 heterocycles. The van der Waals surface area contributed by atoms with E-state index in [9.17, 15) is 0 Å². The van der Waals surface area contributed by atoms with Crippen molar-refractivity contribution in [3.05, 3.63) is 60.2 Å². The number of hydrogen-bond donors (Lipinski definition) is 0. The summed E-state index contributed by atoms with van der Waals surface area (Å²) in [6.45, 7) is 10.0. The number of allylic oxidation sites excluding steroid dienone is 4. The van der Waals surface area contributed by atoms with Crippen LogP contribution in [0.2, 0.25) is 0 Å². The van der Waals surface area contributed by atoms with Gasteiger partial charge >= 0.3 is 0 Å². The third kappa shape index (κ3) is 4.63. The monoisotopic (exact) mass is 281 g/mol. The molecule has 0 saturated carbocycles. The summed E-state index contributed by atoms with van der Waals surface area (Å²) < 4.78 is 0. The lowest BCUT2D eigenvalue weighted by atomic mass is 10.1. The number of aryl methyl sites for hydroxylation is 1. The predicted molar refractivity (Wildman–Crippen MR) is 89.8 cm³/mol. The molecule has 3 heteroatoms. The highest BCUT2D eigenvalue weighted by Gasteiger charge is 2.05. The normalized spacial score (nSPS) is 11.2. The van der Waals surface area contributed by atoms with Crippen LogP contribution in [0.3, 0.4) is 0 Å². The Morgan fingerprint density at radius 2 is 1.67 bits per heavy atom. The van der Waals surface area contributed by atoms with Gasteiger partial charge in [-0.25, -0.2) is 15.0 Å². The zero-order valence-electron chi connectivity index (χ0n) is 13.5. The first-order chi connectivity index (χ1) is 10.2. The third-order valence-corrected chi connectivity index (χ3v) is 2.80. The van der Waals surface area contributed by atoms with Crippen LogP contribution < -0.4 is 0 Å². The minimum absolute atomic E-state index is 0.700. The van der Waals surface area contributed by atoms with Crippen molar-refractivity contribution in [3.63, 3.8) is 0 Å². The van der Waals surface area contributed by atoms with Crippen LogP contribution in [0, 0.1) is 6.92 Å². The van der Waals surface area contributed by atoms with Crippen molar-refractivity contribution in [1.29, 1.82) is 0 Å². The Labute approximate surface area is 127 Å². The molecule has 110 valence electrons. The van der Waals surface area contributed by atoms with Crippen LogP contribution in [0.5, 0.6) is 0 Å². The lowest BCUT2D eigenvalue weighted by Gasteiger charge is -2.04. The largest absolute Gasteiger partial charge is 0.217 e. The molecule has 0 aliphatic rings. The van der Waals surface area contributed by atoms with Crippen LogP contribution >= 0.6 is 0 Å². The van der Waals surface area contributed by atoms with Crippen molar-refractivity contribution in [2.75, 3.05) is 0 Å². The van der Waals surface area contributed by atoms with Crippen molar-refractivity contribution < 1.29 is 0 Å². The van der Waals surface area contributed by atoms with Crippen molar-refractivity contribution in [2.24, 2.45) is 0 Å². The Morgan fingerprint density at radius 3 is 2.24 bits per heavy atom. The molecule has 3 nitrogen and oxygen atoms in total. The van der Waals surface area contributed by atoms with E-state index in [4.69, 9.17) is 0 Å². The fourth-order valence-corrected chi connectivity index (χ4v) is 1.76. The van der Waals surface area contributed by atoms with Gasteiger partial charge in [0.2, 0.25) is 0 Å². The van der Waals surface area contributed by atoms with Gasteiger partial charge < -0.3 is 0 Å². The summed E-state index contributed by atoms with van der Waals surface area (Å²) in [4.78, 5) is 13.0. The molecule has 21 heavy (non-hydrogen) atoms. The highest BCUT2D eigenvalue weighted by atomic mass is 15.0. The molecular formula is C18H23N3. The molecule has 1 aromatic heterocycles. The Balaban J connectivity index is 0.00000106. The quantitative estimate of drug-likeness (QED) is 0.755. The van der Waals surface area contributed by atoms with Gasteiger partial charge in [0, 0.05) is 11.1 Å². The van der Waals surface area contributed by atoms with Crippen molar-refractivity contribution in [1.82, 2.24) is 15.0 Å². The molecule has 0 fully saturated rings. The zero-order chi connectivity index (χ0) is 15.7. The SMILES string of the molecule is C/C=C\C(=C/C)c1ncnc(-c2ccc(C)cc2)n1.CC. The second kappa shape index (κ2) is 8.80. The van der Waals surface area contributed by atoms with Gasteiger partial charge in [-0.1, -0.05) is 61.9 Å². The van der Waals surface area contributed by atoms with E-state index in [0.29, 0.717) is 11.6 Å². The fourth-order valence-electron chi connectivity index (χ4n) is 1.76. The smallest absolute Gasteiger partial charge is 0.163 e. The van der Waals surface area contributed by atoms with E-state index in [1.807, 2.05) is 58.1 Å². The second-order valence-corrected chi connectivity index (χ2v) is 4.24. The van der Waals surface area contributed by atoms with E-state index in [1.54, 1.807) is 6.33 Å². The summed E-state index contributed by atoms with van der Waals surface area (Å²) in [5.41, 5.74) is 3.23. The van der Waals surface area contributed by atoms with Crippen LogP contribution in [0.4, 0.5) is 0 Å². The van der Waals surface area contributed by atoms with Gasteiger partial charge in [0.25, 0.3) is 0 Å². The molecule has 0 radical (unpaired) electrons. The third-order valence-electron chi connectivity index (χ3n) is 2.80. The van der Waals surface area contributed by atoms with Crippen LogP contribution in [0.15, 0.2) is 48.8 Å². The van der Waals surface area contributed by atoms with E-state index in [1.165, 1.54) is 5.56 Å². The highest BCUT2D eigenvalue weighted by molar-refractivity contribution is 5.70. The molecule has 0 spiro atoms. The molecule has 0 saturated heterocycles. The number of aromatic nitrogens is 3. The first-order valence-corrected chi connectivity index (χ1v) is 7.30. The maximum Gasteiger partial charge on any atom is 0.163 e.